The predicted octanol–water partition coefficient (Wildman–Crippen LogP) is 0.424. The Kier molecular flexibility index (Phi) is 3.23. The lowest BCUT2D eigenvalue weighted by Crippen LogP contribution is -2.36. The Bertz CT molecular complexity index is 775. The van der Waals surface area contributed by atoms with E-state index in [-0.39, 0.29) is 20.7 Å². The van der Waals surface area contributed by atoms with E-state index in [0.717, 1.165) is 11.3 Å². The van der Waals surface area contributed by atoms with Gasteiger partial charge in [0.15, 0.2) is 0 Å². The fourth-order valence-electron chi connectivity index (χ4n) is 1.79. The third-order valence-electron chi connectivity index (χ3n) is 2.62. The Balaban J connectivity index is 2.84. The number of primary amides is 1. The molecule has 0 saturated heterocycles. The number of aromatic nitrogens is 2. The van der Waals surface area contributed by atoms with Crippen molar-refractivity contribution in [3.63, 3.8) is 0 Å². The Morgan fingerprint density at radius 3 is 2.63 bits per heavy atom. The number of nitrogens with two attached hydrogens (primary N) is 1. The highest BCUT2D eigenvalue weighted by Gasteiger charge is 2.19. The van der Waals surface area contributed by atoms with Gasteiger partial charge in [-0.2, -0.15) is 0 Å². The minimum Gasteiger partial charge on any atom is -0.365 e. The summed E-state index contributed by atoms with van der Waals surface area (Å²) in [5.41, 5.74) is 3.64. The van der Waals surface area contributed by atoms with Crippen LogP contribution < -0.4 is 17.0 Å². The molecular formula is C10H9F2N3O3S. The first-order valence-corrected chi connectivity index (χ1v) is 5.98. The van der Waals surface area contributed by atoms with Gasteiger partial charge in [0.2, 0.25) is 0 Å². The van der Waals surface area contributed by atoms with Crippen LogP contribution in [0.15, 0.2) is 9.59 Å². The molecule has 0 aliphatic rings. The summed E-state index contributed by atoms with van der Waals surface area (Å²) in [5.74, 6) is -0.737. The van der Waals surface area contributed by atoms with Crippen molar-refractivity contribution in [2.24, 2.45) is 5.73 Å². The lowest BCUT2D eigenvalue weighted by atomic mass is 10.2. The van der Waals surface area contributed by atoms with Gasteiger partial charge in [-0.05, 0) is 12.5 Å². The fraction of sp³-hybridized carbons (Fsp3) is 0.300. The van der Waals surface area contributed by atoms with Crippen molar-refractivity contribution >= 4 is 27.5 Å². The van der Waals surface area contributed by atoms with Crippen LogP contribution in [0.3, 0.4) is 0 Å². The number of hydrogen-bond acceptors (Lipinski definition) is 4. The molecule has 0 atom stereocenters. The van der Waals surface area contributed by atoms with Gasteiger partial charge in [0.25, 0.3) is 17.9 Å². The van der Waals surface area contributed by atoms with Crippen LogP contribution in [0.2, 0.25) is 0 Å². The zero-order valence-electron chi connectivity index (χ0n) is 9.70. The molecule has 0 radical (unpaired) electrons. The van der Waals surface area contributed by atoms with Crippen molar-refractivity contribution in [1.29, 1.82) is 0 Å². The SMILES string of the molecule is Cc1c(C(N)=O)sc2[nH]c(=O)n(CC(F)F)c(=O)c12. The summed E-state index contributed by atoms with van der Waals surface area (Å²) in [6.07, 6.45) is -2.83. The Morgan fingerprint density at radius 2 is 2.11 bits per heavy atom. The summed E-state index contributed by atoms with van der Waals surface area (Å²) in [4.78, 5) is 37.3. The fourth-order valence-corrected chi connectivity index (χ4v) is 2.83. The Morgan fingerprint density at radius 1 is 1.47 bits per heavy atom. The zero-order valence-corrected chi connectivity index (χ0v) is 10.5. The van der Waals surface area contributed by atoms with Crippen LogP contribution in [0.1, 0.15) is 15.2 Å². The summed E-state index contributed by atoms with van der Waals surface area (Å²) in [6, 6.07) is 0. The number of rotatable bonds is 3. The van der Waals surface area contributed by atoms with Crippen LogP contribution in [0.4, 0.5) is 8.78 Å². The Hall–Kier alpha value is -2.03. The third-order valence-corrected chi connectivity index (χ3v) is 3.84. The Labute approximate surface area is 108 Å². The normalized spacial score (nSPS) is 11.4. The second kappa shape index (κ2) is 4.57. The molecular weight excluding hydrogens is 280 g/mol. The average Bonchev–Trinajstić information content (AvgIpc) is 2.61. The number of H-pyrrole nitrogens is 1. The standard InChI is InChI=1S/C10H9F2N3O3S/c1-3-5-8(19-6(3)7(13)16)14-10(18)15(9(5)17)2-4(11)12/h4H,2H2,1H3,(H2,13,16)(H,14,18). The molecule has 0 aromatic carbocycles. The summed E-state index contributed by atoms with van der Waals surface area (Å²) < 4.78 is 25.1. The number of thiophene rings is 1. The number of amides is 1. The number of hydrogen-bond donors (Lipinski definition) is 2. The lowest BCUT2D eigenvalue weighted by Gasteiger charge is -2.03. The van der Waals surface area contributed by atoms with E-state index in [2.05, 4.69) is 4.98 Å². The van der Waals surface area contributed by atoms with Crippen molar-refractivity contribution in [1.82, 2.24) is 9.55 Å². The highest BCUT2D eigenvalue weighted by Crippen LogP contribution is 2.25. The maximum absolute atomic E-state index is 12.3. The van der Waals surface area contributed by atoms with Crippen LogP contribution in [0.5, 0.6) is 0 Å². The lowest BCUT2D eigenvalue weighted by molar-refractivity contribution is 0.100. The van der Waals surface area contributed by atoms with Gasteiger partial charge in [-0.25, -0.2) is 13.6 Å². The van der Waals surface area contributed by atoms with Crippen LogP contribution >= 0.6 is 11.3 Å². The van der Waals surface area contributed by atoms with Crippen LogP contribution in [-0.2, 0) is 6.54 Å². The predicted molar refractivity (Wildman–Crippen MR) is 66.0 cm³/mol. The average molecular weight is 289 g/mol. The van der Waals surface area contributed by atoms with E-state index in [0.29, 0.717) is 4.57 Å². The topological polar surface area (TPSA) is 97.9 Å². The van der Waals surface area contributed by atoms with E-state index in [4.69, 9.17) is 5.73 Å². The molecule has 1 amide bonds. The number of carbonyl (C=O) groups is 1. The van der Waals surface area contributed by atoms with Crippen molar-refractivity contribution in [3.05, 3.63) is 31.3 Å². The minimum atomic E-state index is -2.83. The molecule has 0 spiro atoms. The summed E-state index contributed by atoms with van der Waals surface area (Å²) in [5, 5.41) is 0.0408. The van der Waals surface area contributed by atoms with E-state index < -0.39 is 30.1 Å². The van der Waals surface area contributed by atoms with Gasteiger partial charge < -0.3 is 5.73 Å². The van der Waals surface area contributed by atoms with Gasteiger partial charge in [0.05, 0.1) is 16.8 Å². The highest BCUT2D eigenvalue weighted by atomic mass is 32.1. The molecule has 9 heteroatoms. The molecule has 102 valence electrons. The molecule has 3 N–H and O–H groups in total. The van der Waals surface area contributed by atoms with Crippen molar-refractivity contribution in [3.8, 4) is 0 Å². The number of nitrogens with zero attached hydrogens (tertiary/aromatic N) is 1. The first-order chi connectivity index (χ1) is 8.82. The number of alkyl halides is 2. The van der Waals surface area contributed by atoms with E-state index in [1.54, 1.807) is 0 Å². The van der Waals surface area contributed by atoms with Gasteiger partial charge in [-0.15, -0.1) is 11.3 Å². The maximum Gasteiger partial charge on any atom is 0.329 e. The van der Waals surface area contributed by atoms with Crippen LogP contribution in [-0.4, -0.2) is 21.9 Å². The number of nitrogens with one attached hydrogen (secondary N) is 1. The quantitative estimate of drug-likeness (QED) is 0.857. The number of carbonyl (C=O) groups excluding carboxylic acids is 1. The molecule has 0 saturated carbocycles. The largest absolute Gasteiger partial charge is 0.365 e. The second-order valence-corrected chi connectivity index (χ2v) is 4.88. The monoisotopic (exact) mass is 289 g/mol. The highest BCUT2D eigenvalue weighted by molar-refractivity contribution is 7.20. The first kappa shape index (κ1) is 13.4. The number of aryl methyl sites for hydroxylation is 1. The molecule has 0 aliphatic carbocycles. The van der Waals surface area contributed by atoms with E-state index >= 15 is 0 Å². The molecule has 2 heterocycles. The molecule has 0 fully saturated rings. The number of aromatic amines is 1. The van der Waals surface area contributed by atoms with Gasteiger partial charge in [0, 0.05) is 0 Å². The van der Waals surface area contributed by atoms with Crippen molar-refractivity contribution < 1.29 is 13.6 Å². The minimum absolute atomic E-state index is 0.0408. The molecule has 0 aliphatic heterocycles. The number of halogens is 2. The first-order valence-electron chi connectivity index (χ1n) is 5.17. The van der Waals surface area contributed by atoms with Gasteiger partial charge in [-0.1, -0.05) is 0 Å². The van der Waals surface area contributed by atoms with Crippen molar-refractivity contribution in [2.45, 2.75) is 19.9 Å². The molecule has 6 nitrogen and oxygen atoms in total. The van der Waals surface area contributed by atoms with Crippen molar-refractivity contribution in [2.75, 3.05) is 0 Å². The van der Waals surface area contributed by atoms with E-state index in [1.807, 2.05) is 0 Å². The molecule has 0 bridgehead atoms. The summed E-state index contributed by atoms with van der Waals surface area (Å²) >= 11 is 0.857. The smallest absolute Gasteiger partial charge is 0.329 e. The van der Waals surface area contributed by atoms with Crippen LogP contribution in [0.25, 0.3) is 10.2 Å². The molecule has 2 aromatic heterocycles. The summed E-state index contributed by atoms with van der Waals surface area (Å²) in [6.45, 7) is 0.483. The van der Waals surface area contributed by atoms with Gasteiger partial charge >= 0.3 is 5.69 Å². The molecule has 2 rings (SSSR count). The molecule has 19 heavy (non-hydrogen) atoms. The van der Waals surface area contributed by atoms with Gasteiger partial charge in [-0.3, -0.25) is 19.1 Å². The molecule has 0 unspecified atom stereocenters. The second-order valence-electron chi connectivity index (χ2n) is 3.86. The van der Waals surface area contributed by atoms with Crippen LogP contribution in [0, 0.1) is 6.92 Å². The number of fused-ring (bicyclic) bond motifs is 1. The maximum atomic E-state index is 12.3. The van der Waals surface area contributed by atoms with E-state index in [9.17, 15) is 23.2 Å². The van der Waals surface area contributed by atoms with E-state index in [1.165, 1.54) is 6.92 Å². The summed E-state index contributed by atoms with van der Waals surface area (Å²) in [7, 11) is 0. The van der Waals surface area contributed by atoms with Gasteiger partial charge in [0.1, 0.15) is 4.83 Å². The molecule has 2 aromatic rings. The zero-order chi connectivity index (χ0) is 14.3. The third kappa shape index (κ3) is 2.16.